The highest BCUT2D eigenvalue weighted by Crippen LogP contribution is 2.18. The minimum Gasteiger partial charge on any atom is -0.486 e. The Morgan fingerprint density at radius 1 is 1.38 bits per heavy atom. The highest BCUT2D eigenvalue weighted by Gasteiger charge is 2.15. The Morgan fingerprint density at radius 2 is 2.24 bits per heavy atom. The van der Waals surface area contributed by atoms with Crippen LogP contribution >= 0.6 is 22.9 Å². The molecule has 1 N–H and O–H groups in total. The summed E-state index contributed by atoms with van der Waals surface area (Å²) in [6.45, 7) is 2.93. The molecule has 6 heteroatoms. The lowest BCUT2D eigenvalue weighted by atomic mass is 10.2. The van der Waals surface area contributed by atoms with Crippen LogP contribution in [0.5, 0.6) is 5.75 Å². The largest absolute Gasteiger partial charge is 0.486 e. The molecule has 1 fully saturated rings. The SMILES string of the molecule is Clc1ccc(OCc2nc(CNC3CCOC3)cs2)cc1. The van der Waals surface area contributed by atoms with Crippen LogP contribution in [0.4, 0.5) is 0 Å². The molecule has 1 aliphatic heterocycles. The van der Waals surface area contributed by atoms with Gasteiger partial charge in [0.05, 0.1) is 12.3 Å². The molecule has 2 heterocycles. The van der Waals surface area contributed by atoms with Gasteiger partial charge in [-0.1, -0.05) is 11.6 Å². The Morgan fingerprint density at radius 3 is 3.00 bits per heavy atom. The van der Waals surface area contributed by atoms with E-state index in [4.69, 9.17) is 21.1 Å². The van der Waals surface area contributed by atoms with Gasteiger partial charge in [-0.05, 0) is 30.7 Å². The zero-order chi connectivity index (χ0) is 14.5. The van der Waals surface area contributed by atoms with Crippen LogP contribution in [0.25, 0.3) is 0 Å². The van der Waals surface area contributed by atoms with Crippen molar-refractivity contribution in [3.8, 4) is 5.75 Å². The van der Waals surface area contributed by atoms with Gasteiger partial charge >= 0.3 is 0 Å². The van der Waals surface area contributed by atoms with Crippen LogP contribution in [-0.2, 0) is 17.9 Å². The molecule has 0 spiro atoms. The average Bonchev–Trinajstić information content (AvgIpc) is 3.16. The summed E-state index contributed by atoms with van der Waals surface area (Å²) in [5.41, 5.74) is 1.06. The molecule has 1 saturated heterocycles. The molecular formula is C15H17ClN2O2S. The Labute approximate surface area is 133 Å². The normalized spacial score (nSPS) is 18.0. The lowest BCUT2D eigenvalue weighted by molar-refractivity contribution is 0.189. The number of thiazole rings is 1. The summed E-state index contributed by atoms with van der Waals surface area (Å²) < 4.78 is 11.0. The molecule has 112 valence electrons. The van der Waals surface area contributed by atoms with Crippen LogP contribution in [0.15, 0.2) is 29.6 Å². The molecule has 0 radical (unpaired) electrons. The molecule has 1 atom stereocenters. The molecule has 0 saturated carbocycles. The average molecular weight is 325 g/mol. The quantitative estimate of drug-likeness (QED) is 0.885. The van der Waals surface area contributed by atoms with Crippen molar-refractivity contribution in [2.45, 2.75) is 25.6 Å². The number of hydrogen-bond acceptors (Lipinski definition) is 5. The summed E-state index contributed by atoms with van der Waals surface area (Å²) in [4.78, 5) is 4.57. The second-order valence-electron chi connectivity index (χ2n) is 4.92. The van der Waals surface area contributed by atoms with Crippen LogP contribution < -0.4 is 10.1 Å². The van der Waals surface area contributed by atoms with Gasteiger partial charge in [-0.2, -0.15) is 0 Å². The van der Waals surface area contributed by atoms with Gasteiger partial charge in [0.1, 0.15) is 17.4 Å². The minimum atomic E-state index is 0.459. The van der Waals surface area contributed by atoms with Crippen molar-refractivity contribution in [1.29, 1.82) is 0 Å². The predicted octanol–water partition coefficient (Wildman–Crippen LogP) is 3.25. The molecule has 21 heavy (non-hydrogen) atoms. The number of nitrogens with zero attached hydrogens (tertiary/aromatic N) is 1. The van der Waals surface area contributed by atoms with Crippen molar-refractivity contribution in [3.05, 3.63) is 45.4 Å². The molecule has 0 aliphatic carbocycles. The molecule has 0 bridgehead atoms. The third-order valence-corrected chi connectivity index (χ3v) is 4.40. The van der Waals surface area contributed by atoms with Gasteiger partial charge in [-0.15, -0.1) is 11.3 Å². The van der Waals surface area contributed by atoms with E-state index in [9.17, 15) is 0 Å². The molecule has 1 unspecified atom stereocenters. The fraction of sp³-hybridized carbons (Fsp3) is 0.400. The van der Waals surface area contributed by atoms with E-state index in [1.807, 2.05) is 24.3 Å². The van der Waals surface area contributed by atoms with Crippen LogP contribution in [0.2, 0.25) is 5.02 Å². The maximum absolute atomic E-state index is 5.84. The summed E-state index contributed by atoms with van der Waals surface area (Å²) in [6.07, 6.45) is 1.08. The number of nitrogens with one attached hydrogen (secondary N) is 1. The summed E-state index contributed by atoms with van der Waals surface area (Å²) in [7, 11) is 0. The van der Waals surface area contributed by atoms with Crippen molar-refractivity contribution in [3.63, 3.8) is 0 Å². The maximum atomic E-state index is 5.84. The highest BCUT2D eigenvalue weighted by molar-refractivity contribution is 7.09. The Balaban J connectivity index is 1.46. The van der Waals surface area contributed by atoms with E-state index in [-0.39, 0.29) is 0 Å². The monoisotopic (exact) mass is 324 g/mol. The number of ether oxygens (including phenoxy) is 2. The first-order chi connectivity index (χ1) is 10.3. The Kier molecular flexibility index (Phi) is 5.08. The van der Waals surface area contributed by atoms with Crippen molar-refractivity contribution in [2.75, 3.05) is 13.2 Å². The van der Waals surface area contributed by atoms with Gasteiger partial charge in [0, 0.05) is 29.6 Å². The van der Waals surface area contributed by atoms with Crippen molar-refractivity contribution < 1.29 is 9.47 Å². The number of halogens is 1. The lowest BCUT2D eigenvalue weighted by Crippen LogP contribution is -2.28. The first kappa shape index (κ1) is 14.8. The van der Waals surface area contributed by atoms with Gasteiger partial charge in [0.15, 0.2) is 0 Å². The first-order valence-electron chi connectivity index (χ1n) is 6.92. The molecule has 1 aromatic heterocycles. The molecule has 0 amide bonds. The van der Waals surface area contributed by atoms with E-state index in [0.717, 1.165) is 42.6 Å². The van der Waals surface area contributed by atoms with Gasteiger partial charge in [0.25, 0.3) is 0 Å². The summed E-state index contributed by atoms with van der Waals surface area (Å²) in [6, 6.07) is 7.81. The summed E-state index contributed by atoms with van der Waals surface area (Å²) in [5, 5.41) is 7.21. The smallest absolute Gasteiger partial charge is 0.140 e. The molecule has 2 aromatic rings. The second kappa shape index (κ2) is 7.22. The zero-order valence-electron chi connectivity index (χ0n) is 11.5. The molecule has 3 rings (SSSR count). The van der Waals surface area contributed by atoms with Crippen molar-refractivity contribution >= 4 is 22.9 Å². The van der Waals surface area contributed by atoms with Crippen molar-refractivity contribution in [2.24, 2.45) is 0 Å². The zero-order valence-corrected chi connectivity index (χ0v) is 13.1. The minimum absolute atomic E-state index is 0.459. The van der Waals surface area contributed by atoms with Gasteiger partial charge < -0.3 is 14.8 Å². The third-order valence-electron chi connectivity index (χ3n) is 3.28. The number of rotatable bonds is 6. The standard InChI is InChI=1S/C15H17ClN2O2S/c16-11-1-3-14(4-2-11)20-9-15-18-13(10-21-15)7-17-12-5-6-19-8-12/h1-4,10,12,17H,5-9H2. The van der Waals surface area contributed by atoms with E-state index in [1.165, 1.54) is 0 Å². The molecular weight excluding hydrogens is 308 g/mol. The maximum Gasteiger partial charge on any atom is 0.140 e. The molecule has 4 nitrogen and oxygen atoms in total. The molecule has 1 aliphatic rings. The summed E-state index contributed by atoms with van der Waals surface area (Å²) >= 11 is 7.46. The van der Waals surface area contributed by atoms with Crippen LogP contribution in [0, 0.1) is 0 Å². The van der Waals surface area contributed by atoms with E-state index in [1.54, 1.807) is 11.3 Å². The Bertz CT molecular complexity index is 567. The van der Waals surface area contributed by atoms with Gasteiger partial charge in [-0.25, -0.2) is 4.98 Å². The number of hydrogen-bond donors (Lipinski definition) is 1. The lowest BCUT2D eigenvalue weighted by Gasteiger charge is -2.08. The first-order valence-corrected chi connectivity index (χ1v) is 8.18. The van der Waals surface area contributed by atoms with Gasteiger partial charge in [0.2, 0.25) is 0 Å². The van der Waals surface area contributed by atoms with Crippen LogP contribution in [0.3, 0.4) is 0 Å². The van der Waals surface area contributed by atoms with Gasteiger partial charge in [-0.3, -0.25) is 0 Å². The fourth-order valence-electron chi connectivity index (χ4n) is 2.12. The number of aromatic nitrogens is 1. The second-order valence-corrected chi connectivity index (χ2v) is 6.30. The van der Waals surface area contributed by atoms with E-state index >= 15 is 0 Å². The third kappa shape index (κ3) is 4.41. The fourth-order valence-corrected chi connectivity index (χ4v) is 2.95. The van der Waals surface area contributed by atoms with Crippen molar-refractivity contribution in [1.82, 2.24) is 10.3 Å². The van der Waals surface area contributed by atoms with E-state index in [0.29, 0.717) is 17.7 Å². The van der Waals surface area contributed by atoms with Crippen LogP contribution in [-0.4, -0.2) is 24.2 Å². The van der Waals surface area contributed by atoms with Crippen LogP contribution in [0.1, 0.15) is 17.1 Å². The Hall–Kier alpha value is -1.14. The topological polar surface area (TPSA) is 43.4 Å². The summed E-state index contributed by atoms with van der Waals surface area (Å²) in [5.74, 6) is 0.803. The predicted molar refractivity (Wildman–Crippen MR) is 84.0 cm³/mol. The van der Waals surface area contributed by atoms with E-state index < -0.39 is 0 Å². The highest BCUT2D eigenvalue weighted by atomic mass is 35.5. The van der Waals surface area contributed by atoms with E-state index in [2.05, 4.69) is 15.7 Å². The number of benzene rings is 1. The molecule has 1 aromatic carbocycles.